The van der Waals surface area contributed by atoms with Crippen LogP contribution in [0, 0.1) is 0 Å². The van der Waals surface area contributed by atoms with Gasteiger partial charge < -0.3 is 9.52 Å². The van der Waals surface area contributed by atoms with Crippen molar-refractivity contribution in [1.82, 2.24) is 4.98 Å². The van der Waals surface area contributed by atoms with Gasteiger partial charge in [0.1, 0.15) is 23.6 Å². The first-order valence-electron chi connectivity index (χ1n) is 7.59. The molecule has 1 N–H and O–H groups in total. The third-order valence-electron chi connectivity index (χ3n) is 3.70. The molecule has 0 aliphatic rings. The van der Waals surface area contributed by atoms with Gasteiger partial charge >= 0.3 is 0 Å². The minimum atomic E-state index is -0.224. The predicted octanol–water partition coefficient (Wildman–Crippen LogP) is 4.49. The fourth-order valence-corrected chi connectivity index (χ4v) is 2.45. The molecule has 0 radical (unpaired) electrons. The molecule has 0 spiro atoms. The number of benzene rings is 1. The van der Waals surface area contributed by atoms with Crippen LogP contribution in [-0.4, -0.2) is 16.0 Å². The van der Waals surface area contributed by atoms with E-state index in [9.17, 15) is 9.90 Å². The summed E-state index contributed by atoms with van der Waals surface area (Å²) in [5.41, 5.74) is 2.44. The summed E-state index contributed by atoms with van der Waals surface area (Å²) in [4.78, 5) is 14.7. The van der Waals surface area contributed by atoms with E-state index >= 15 is 0 Å². The van der Waals surface area contributed by atoms with Gasteiger partial charge in [0.15, 0.2) is 0 Å². The van der Waals surface area contributed by atoms with E-state index in [4.69, 9.17) is 4.42 Å². The van der Waals surface area contributed by atoms with Gasteiger partial charge in [0, 0.05) is 16.7 Å². The highest BCUT2D eigenvalue weighted by molar-refractivity contribution is 5.73. The van der Waals surface area contributed by atoms with Crippen LogP contribution >= 0.6 is 0 Å². The van der Waals surface area contributed by atoms with Crippen LogP contribution in [0.1, 0.15) is 58.4 Å². The van der Waals surface area contributed by atoms with Gasteiger partial charge in [-0.1, -0.05) is 41.5 Å². The van der Waals surface area contributed by atoms with Crippen LogP contribution in [0.5, 0.6) is 5.75 Å². The summed E-state index contributed by atoms with van der Waals surface area (Å²) in [5, 5.41) is 10.7. The summed E-state index contributed by atoms with van der Waals surface area (Å²) in [7, 11) is 0. The number of hydrogen-bond donors (Lipinski definition) is 1. The van der Waals surface area contributed by atoms with E-state index < -0.39 is 0 Å². The Labute approximate surface area is 136 Å². The molecular weight excluding hydrogens is 290 g/mol. The van der Waals surface area contributed by atoms with Crippen LogP contribution in [0.2, 0.25) is 0 Å². The molecule has 0 amide bonds. The van der Waals surface area contributed by atoms with Crippen LogP contribution in [0.4, 0.5) is 0 Å². The highest BCUT2D eigenvalue weighted by Crippen LogP contribution is 2.41. The molecule has 4 heteroatoms. The molecule has 0 aliphatic heterocycles. The Morgan fingerprint density at radius 1 is 1.09 bits per heavy atom. The second-order valence-electron chi connectivity index (χ2n) is 7.76. The Morgan fingerprint density at radius 2 is 1.61 bits per heavy atom. The Kier molecular flexibility index (Phi) is 4.23. The summed E-state index contributed by atoms with van der Waals surface area (Å²) < 4.78 is 5.48. The zero-order valence-corrected chi connectivity index (χ0v) is 14.5. The van der Waals surface area contributed by atoms with E-state index in [0.29, 0.717) is 17.3 Å². The van der Waals surface area contributed by atoms with Gasteiger partial charge in [0.05, 0.1) is 6.08 Å². The number of nitrogens with zero attached hydrogens (tertiary/aromatic N) is 1. The highest BCUT2D eigenvalue weighted by atomic mass is 16.3. The molecule has 2 rings (SSSR count). The second kappa shape index (κ2) is 5.71. The zero-order valence-electron chi connectivity index (χ0n) is 14.5. The first-order chi connectivity index (χ1) is 10.5. The van der Waals surface area contributed by atoms with Gasteiger partial charge in [-0.05, 0) is 23.0 Å². The van der Waals surface area contributed by atoms with Crippen LogP contribution in [0.3, 0.4) is 0 Å². The number of phenols is 1. The fraction of sp³-hybridized carbons (Fsp3) is 0.421. The van der Waals surface area contributed by atoms with Crippen molar-refractivity contribution in [2.24, 2.45) is 0 Å². The van der Waals surface area contributed by atoms with Gasteiger partial charge in [-0.3, -0.25) is 0 Å². The first-order valence-corrected chi connectivity index (χ1v) is 7.59. The maximum absolute atomic E-state index is 10.7. The molecule has 2 aromatic rings. The number of carbonyl (C=O) groups excluding carboxylic acids is 1. The molecule has 1 aromatic carbocycles. The van der Waals surface area contributed by atoms with Crippen LogP contribution in [-0.2, 0) is 15.6 Å². The number of hydrogen-bond acceptors (Lipinski definition) is 4. The minimum Gasteiger partial charge on any atom is -0.507 e. The van der Waals surface area contributed by atoms with Crippen molar-refractivity contribution in [3.8, 4) is 17.2 Å². The van der Waals surface area contributed by atoms with Crippen molar-refractivity contribution in [2.75, 3.05) is 0 Å². The molecule has 4 nitrogen and oxygen atoms in total. The molecule has 0 bridgehead atoms. The second-order valence-corrected chi connectivity index (χ2v) is 7.76. The fourth-order valence-electron chi connectivity index (χ4n) is 2.45. The Hall–Kier alpha value is -2.32. The Morgan fingerprint density at radius 3 is 2.04 bits per heavy atom. The summed E-state index contributed by atoms with van der Waals surface area (Å²) in [6, 6.07) is 3.79. The lowest BCUT2D eigenvalue weighted by Crippen LogP contribution is -2.17. The van der Waals surface area contributed by atoms with Crippen LogP contribution in [0.25, 0.3) is 17.5 Å². The number of oxazole rings is 1. The SMILES string of the molecule is CC(C)(C)c1cc(-c2nc(C=C=O)co2)cc(C(C)(C)C)c1O. The third-order valence-corrected chi connectivity index (χ3v) is 3.70. The van der Waals surface area contributed by atoms with E-state index in [-0.39, 0.29) is 10.8 Å². The van der Waals surface area contributed by atoms with Crippen molar-refractivity contribution in [3.05, 3.63) is 35.2 Å². The van der Waals surface area contributed by atoms with E-state index in [2.05, 4.69) is 4.98 Å². The number of aromatic nitrogens is 1. The maximum atomic E-state index is 10.7. The minimum absolute atomic E-state index is 0.224. The number of phenolic OH excluding ortho intramolecular Hbond substituents is 1. The van der Waals surface area contributed by atoms with Crippen LogP contribution < -0.4 is 0 Å². The molecule has 0 saturated heterocycles. The number of aromatic hydroxyl groups is 1. The Balaban J connectivity index is 2.71. The van der Waals surface area contributed by atoms with Gasteiger partial charge in [0.25, 0.3) is 0 Å². The summed E-state index contributed by atoms with van der Waals surface area (Å²) in [5.74, 6) is 2.42. The molecule has 0 unspecified atom stereocenters. The zero-order chi connectivity index (χ0) is 17.4. The monoisotopic (exact) mass is 313 g/mol. The number of rotatable bonds is 2. The van der Waals surface area contributed by atoms with Crippen LogP contribution in [0.15, 0.2) is 22.8 Å². The predicted molar refractivity (Wildman–Crippen MR) is 91.2 cm³/mol. The molecular formula is C19H23NO3. The average Bonchev–Trinajstić information content (AvgIpc) is 2.85. The van der Waals surface area contributed by atoms with E-state index in [0.717, 1.165) is 16.7 Å². The smallest absolute Gasteiger partial charge is 0.226 e. The largest absolute Gasteiger partial charge is 0.507 e. The normalized spacial score (nSPS) is 12.1. The summed E-state index contributed by atoms with van der Waals surface area (Å²) in [6.07, 6.45) is 2.64. The summed E-state index contributed by atoms with van der Waals surface area (Å²) >= 11 is 0. The van der Waals surface area contributed by atoms with Gasteiger partial charge in [-0.15, -0.1) is 0 Å². The third kappa shape index (κ3) is 3.54. The van der Waals surface area contributed by atoms with E-state index in [1.54, 1.807) is 5.94 Å². The van der Waals surface area contributed by atoms with E-state index in [1.165, 1.54) is 12.3 Å². The maximum Gasteiger partial charge on any atom is 0.226 e. The van der Waals surface area contributed by atoms with Gasteiger partial charge in [0.2, 0.25) is 5.89 Å². The lowest BCUT2D eigenvalue weighted by molar-refractivity contribution is 0.423. The molecule has 0 saturated carbocycles. The molecule has 23 heavy (non-hydrogen) atoms. The van der Waals surface area contributed by atoms with Crippen molar-refractivity contribution < 1.29 is 14.3 Å². The van der Waals surface area contributed by atoms with Gasteiger partial charge in [-0.25, -0.2) is 9.78 Å². The summed E-state index contributed by atoms with van der Waals surface area (Å²) in [6.45, 7) is 12.3. The van der Waals surface area contributed by atoms with Crippen molar-refractivity contribution in [2.45, 2.75) is 52.4 Å². The average molecular weight is 313 g/mol. The quantitative estimate of drug-likeness (QED) is 0.830. The molecule has 0 fully saturated rings. The molecule has 1 aromatic heterocycles. The first kappa shape index (κ1) is 17.0. The van der Waals surface area contributed by atoms with Crippen molar-refractivity contribution in [1.29, 1.82) is 0 Å². The van der Waals surface area contributed by atoms with E-state index in [1.807, 2.05) is 53.7 Å². The molecule has 0 atom stereocenters. The lowest BCUT2D eigenvalue weighted by Gasteiger charge is -2.27. The highest BCUT2D eigenvalue weighted by Gasteiger charge is 2.27. The standard InChI is InChI=1S/C19H23NO3/c1-18(2,3)14-9-12(10-15(16(14)22)19(4,5)6)17-20-13(7-8-21)11-23-17/h7,9-11,22H,1-6H3. The lowest BCUT2D eigenvalue weighted by atomic mass is 9.78. The molecule has 1 heterocycles. The van der Waals surface area contributed by atoms with Gasteiger partial charge in [-0.2, -0.15) is 0 Å². The topological polar surface area (TPSA) is 63.3 Å². The van der Waals surface area contributed by atoms with Crippen molar-refractivity contribution in [3.63, 3.8) is 0 Å². The van der Waals surface area contributed by atoms with Crippen molar-refractivity contribution >= 4 is 12.0 Å². The molecule has 122 valence electrons. The Bertz CT molecular complexity index is 732. The molecule has 0 aliphatic carbocycles.